The minimum Gasteiger partial charge on any atom is -0.352 e. The number of hydrogen-bond donors (Lipinski definition) is 0. The Hall–Kier alpha value is -1.03. The summed E-state index contributed by atoms with van der Waals surface area (Å²) >= 11 is 0. The van der Waals surface area contributed by atoms with E-state index in [1.165, 1.54) is 0 Å². The summed E-state index contributed by atoms with van der Waals surface area (Å²) < 4.78 is 20.6. The highest BCUT2D eigenvalue weighted by molar-refractivity contribution is 5.92. The second-order valence-electron chi connectivity index (χ2n) is 10.2. The van der Waals surface area contributed by atoms with E-state index in [-0.39, 0.29) is 46.8 Å². The molecule has 4 aliphatic carbocycles. The largest absolute Gasteiger partial charge is 0.352 e. The molecule has 142 valence electrons. The zero-order valence-electron chi connectivity index (χ0n) is 16.2. The summed E-state index contributed by atoms with van der Waals surface area (Å²) in [6, 6.07) is 0. The summed E-state index contributed by atoms with van der Waals surface area (Å²) in [5.41, 5.74) is -0.190. The second-order valence-corrected chi connectivity index (χ2v) is 10.2. The van der Waals surface area contributed by atoms with Crippen molar-refractivity contribution < 1.29 is 18.7 Å². The topological polar surface area (TPSA) is 46.7 Å². The van der Waals surface area contributed by atoms with Gasteiger partial charge in [0.1, 0.15) is 5.60 Å². The maximum Gasteiger partial charge on any atom is 0.173 e. The number of fused-ring (bicyclic) bond motifs is 4. The number of alkyl halides is 1. The van der Waals surface area contributed by atoms with E-state index >= 15 is 0 Å². The van der Waals surface area contributed by atoms with Crippen molar-refractivity contribution in [3.8, 4) is 0 Å². The highest BCUT2D eigenvalue weighted by atomic mass is 19.1. The van der Waals surface area contributed by atoms with E-state index in [1.54, 1.807) is 0 Å². The predicted molar refractivity (Wildman–Crippen MR) is 95.1 cm³/mol. The third kappa shape index (κ3) is 1.54. The molecule has 5 aliphatic rings. The molecule has 4 saturated carbocycles. The van der Waals surface area contributed by atoms with E-state index in [1.807, 2.05) is 6.92 Å². The molecule has 3 nitrogen and oxygen atoms in total. The number of Topliss-reactive ketones (excluding diaryl/α,β-unsaturated/α-hetero) is 2. The molecule has 0 aromatic carbocycles. The van der Waals surface area contributed by atoms with Gasteiger partial charge in [0.05, 0.1) is 0 Å². The third-order valence-electron chi connectivity index (χ3n) is 9.64. The summed E-state index contributed by atoms with van der Waals surface area (Å²) in [6.07, 6.45) is 0.944. The van der Waals surface area contributed by atoms with Crippen LogP contribution in [0.1, 0.15) is 53.4 Å². The molecule has 1 aliphatic heterocycles. The molecule has 0 aromatic heterocycles. The zero-order valence-corrected chi connectivity index (χ0v) is 16.2. The highest BCUT2D eigenvalue weighted by Gasteiger charge is 2.81. The number of carbonyl (C=O) groups excluding carboxylic acids is 2. The minimum absolute atomic E-state index is 0.0757. The fraction of sp³-hybridized carbons (Fsp3) is 0.818. The van der Waals surface area contributed by atoms with E-state index in [2.05, 4.69) is 27.4 Å². The van der Waals surface area contributed by atoms with Crippen molar-refractivity contribution in [1.29, 1.82) is 0 Å². The number of halogens is 1. The predicted octanol–water partition coefficient (Wildman–Crippen LogP) is 3.90. The number of carbonyl (C=O) groups is 2. The Kier molecular flexibility index (Phi) is 3.08. The molecular weight excluding hydrogens is 331 g/mol. The van der Waals surface area contributed by atoms with Crippen molar-refractivity contribution in [1.82, 2.24) is 0 Å². The van der Waals surface area contributed by atoms with Crippen molar-refractivity contribution in [2.75, 3.05) is 0 Å². The molecule has 0 N–H and O–H groups in total. The Balaban J connectivity index is 1.64. The Bertz CT molecular complexity index is 746. The Labute approximate surface area is 154 Å². The fourth-order valence-electron chi connectivity index (χ4n) is 7.99. The van der Waals surface area contributed by atoms with Gasteiger partial charge in [0.25, 0.3) is 0 Å². The van der Waals surface area contributed by atoms with Gasteiger partial charge in [-0.25, -0.2) is 4.39 Å². The quantitative estimate of drug-likeness (QED) is 0.486. The van der Waals surface area contributed by atoms with Crippen LogP contribution in [0, 0.1) is 40.4 Å². The molecule has 5 fully saturated rings. The molecule has 0 bridgehead atoms. The Morgan fingerprint density at radius 3 is 2.58 bits per heavy atom. The second kappa shape index (κ2) is 4.68. The van der Waals surface area contributed by atoms with E-state index < -0.39 is 17.2 Å². The lowest BCUT2D eigenvalue weighted by molar-refractivity contribution is -0.147. The lowest BCUT2D eigenvalue weighted by Gasteiger charge is -2.62. The van der Waals surface area contributed by atoms with Crippen molar-refractivity contribution >= 4 is 11.6 Å². The normalized spacial score (nSPS) is 60.8. The highest BCUT2D eigenvalue weighted by Crippen LogP contribution is 2.75. The SMILES string of the molecule is C=C1[C@@H](C)[C@@H]2[C@H](CC[C@]3(C)C(=O)[C@@H](F)C[C@@H]23)[C@@]2(C)[C@H](C)CC(=O)C3OC132. The van der Waals surface area contributed by atoms with Crippen LogP contribution < -0.4 is 0 Å². The van der Waals surface area contributed by atoms with Crippen LogP contribution in [-0.2, 0) is 14.3 Å². The first-order valence-corrected chi connectivity index (χ1v) is 10.2. The average molecular weight is 360 g/mol. The van der Waals surface area contributed by atoms with Gasteiger partial charge in [0.2, 0.25) is 0 Å². The molecule has 0 aromatic rings. The number of hydrogen-bond acceptors (Lipinski definition) is 3. The van der Waals surface area contributed by atoms with Gasteiger partial charge in [-0.3, -0.25) is 9.59 Å². The van der Waals surface area contributed by atoms with Crippen LogP contribution in [0.25, 0.3) is 0 Å². The lowest BCUT2D eigenvalue weighted by Crippen LogP contribution is -2.64. The maximum absolute atomic E-state index is 14.4. The smallest absolute Gasteiger partial charge is 0.173 e. The minimum atomic E-state index is -1.32. The number of epoxide rings is 1. The van der Waals surface area contributed by atoms with Gasteiger partial charge in [-0.05, 0) is 54.4 Å². The van der Waals surface area contributed by atoms with E-state index in [0.29, 0.717) is 18.8 Å². The van der Waals surface area contributed by atoms with Crippen molar-refractivity contribution in [3.63, 3.8) is 0 Å². The third-order valence-corrected chi connectivity index (χ3v) is 9.64. The molecule has 26 heavy (non-hydrogen) atoms. The molecule has 1 heterocycles. The molecule has 5 rings (SSSR count). The summed E-state index contributed by atoms with van der Waals surface area (Å²) in [4.78, 5) is 25.1. The zero-order chi connectivity index (χ0) is 18.8. The maximum atomic E-state index is 14.4. The van der Waals surface area contributed by atoms with E-state index in [0.717, 1.165) is 18.4 Å². The van der Waals surface area contributed by atoms with Gasteiger partial charge in [0.15, 0.2) is 23.8 Å². The van der Waals surface area contributed by atoms with Gasteiger partial charge in [-0.1, -0.05) is 34.3 Å². The first-order chi connectivity index (χ1) is 12.1. The summed E-state index contributed by atoms with van der Waals surface area (Å²) in [6.45, 7) is 13.0. The lowest BCUT2D eigenvalue weighted by atomic mass is 9.40. The molecule has 4 heteroatoms. The van der Waals surface area contributed by atoms with E-state index in [9.17, 15) is 14.0 Å². The molecule has 2 unspecified atom stereocenters. The number of ketones is 2. The van der Waals surface area contributed by atoms with E-state index in [4.69, 9.17) is 4.74 Å². The van der Waals surface area contributed by atoms with Gasteiger partial charge in [0, 0.05) is 17.3 Å². The van der Waals surface area contributed by atoms with Gasteiger partial charge in [-0.15, -0.1) is 0 Å². The number of rotatable bonds is 0. The molecule has 0 radical (unpaired) electrons. The fourth-order valence-corrected chi connectivity index (χ4v) is 7.99. The van der Waals surface area contributed by atoms with Crippen molar-refractivity contribution in [2.24, 2.45) is 40.4 Å². The van der Waals surface area contributed by atoms with Crippen LogP contribution in [0.2, 0.25) is 0 Å². The molecule has 1 saturated heterocycles. The van der Waals surface area contributed by atoms with Crippen LogP contribution in [-0.4, -0.2) is 29.4 Å². The summed E-state index contributed by atoms with van der Waals surface area (Å²) in [5, 5.41) is 0. The van der Waals surface area contributed by atoms with Crippen molar-refractivity contribution in [3.05, 3.63) is 12.2 Å². The summed E-state index contributed by atoms with van der Waals surface area (Å²) in [5.74, 6) is 1.08. The molecule has 0 amide bonds. The first kappa shape index (κ1) is 17.1. The van der Waals surface area contributed by atoms with Gasteiger partial charge in [-0.2, -0.15) is 0 Å². The molecule has 10 atom stereocenters. The van der Waals surface area contributed by atoms with Crippen LogP contribution in [0.5, 0.6) is 0 Å². The Morgan fingerprint density at radius 1 is 1.19 bits per heavy atom. The van der Waals surface area contributed by atoms with Crippen LogP contribution in [0.4, 0.5) is 4.39 Å². The van der Waals surface area contributed by atoms with Crippen molar-refractivity contribution in [2.45, 2.75) is 71.3 Å². The number of ether oxygens (including phenoxy) is 1. The average Bonchev–Trinajstić information content (AvgIpc) is 3.31. The van der Waals surface area contributed by atoms with Crippen LogP contribution >= 0.6 is 0 Å². The van der Waals surface area contributed by atoms with Gasteiger partial charge >= 0.3 is 0 Å². The standard InChI is InChI=1S/C22H29FO3/c1-10-8-16(24)19-22(26-19)12(3)11(2)17-13(21(10,22)5)6-7-20(4)14(17)9-15(23)18(20)25/h10-11,13-15,17,19H,3,6-9H2,1-2,4-5H3/t10-,11-,13+,14+,15+,17-,19?,20+,21-,22?/m1/s1. The summed E-state index contributed by atoms with van der Waals surface area (Å²) in [7, 11) is 0. The Morgan fingerprint density at radius 2 is 1.88 bits per heavy atom. The molecular formula is C22H29FO3. The monoisotopic (exact) mass is 360 g/mol. The first-order valence-electron chi connectivity index (χ1n) is 10.2. The van der Waals surface area contributed by atoms with Gasteiger partial charge < -0.3 is 4.74 Å². The van der Waals surface area contributed by atoms with Crippen LogP contribution in [0.3, 0.4) is 0 Å². The van der Waals surface area contributed by atoms with Crippen LogP contribution in [0.15, 0.2) is 12.2 Å². The molecule has 1 spiro atoms.